The van der Waals surface area contributed by atoms with E-state index in [-0.39, 0.29) is 24.5 Å². The van der Waals surface area contributed by atoms with Gasteiger partial charge in [0.1, 0.15) is 6.61 Å². The third-order valence-electron chi connectivity index (χ3n) is 4.49. The molecule has 0 heterocycles. The normalized spacial score (nSPS) is 20.4. The molecule has 1 saturated carbocycles. The van der Waals surface area contributed by atoms with E-state index >= 15 is 0 Å². The fourth-order valence-electron chi connectivity index (χ4n) is 3.13. The van der Waals surface area contributed by atoms with Crippen molar-refractivity contribution < 1.29 is 14.3 Å². The molecule has 2 rings (SSSR count). The van der Waals surface area contributed by atoms with E-state index in [1.165, 1.54) is 12.8 Å². The highest BCUT2D eigenvalue weighted by Gasteiger charge is 2.19. The lowest BCUT2D eigenvalue weighted by molar-refractivity contribution is -0.128. The summed E-state index contributed by atoms with van der Waals surface area (Å²) in [5.41, 5.74) is 1.66. The van der Waals surface area contributed by atoms with Crippen molar-refractivity contribution >= 4 is 11.8 Å². The van der Waals surface area contributed by atoms with Crippen LogP contribution in [0.3, 0.4) is 0 Å². The summed E-state index contributed by atoms with van der Waals surface area (Å²) >= 11 is 0. The maximum Gasteiger partial charge on any atom is 0.251 e. The lowest BCUT2D eigenvalue weighted by Crippen LogP contribution is -2.32. The summed E-state index contributed by atoms with van der Waals surface area (Å²) in [7, 11) is 1.61. The third-order valence-corrected chi connectivity index (χ3v) is 4.49. The summed E-state index contributed by atoms with van der Waals surface area (Å²) in [6, 6.07) is 7.44. The Hall–Kier alpha value is -1.88. The Morgan fingerprint density at radius 1 is 1.29 bits per heavy atom. The largest absolute Gasteiger partial charge is 0.368 e. The van der Waals surface area contributed by atoms with Crippen LogP contribution in [0.15, 0.2) is 24.3 Å². The van der Waals surface area contributed by atoms with E-state index < -0.39 is 0 Å². The summed E-state index contributed by atoms with van der Waals surface area (Å²) < 4.78 is 5.72. The van der Waals surface area contributed by atoms with Gasteiger partial charge in [-0.25, -0.2) is 0 Å². The average molecular weight is 332 g/mol. The predicted octanol–water partition coefficient (Wildman–Crippen LogP) is 2.30. The quantitative estimate of drug-likeness (QED) is 0.805. The van der Waals surface area contributed by atoms with Gasteiger partial charge in [0.15, 0.2) is 0 Å². The number of nitrogens with one attached hydrogen (secondary N) is 2. The second kappa shape index (κ2) is 9.42. The van der Waals surface area contributed by atoms with Gasteiger partial charge in [0.25, 0.3) is 5.91 Å². The minimum absolute atomic E-state index is 0.0734. The summed E-state index contributed by atoms with van der Waals surface area (Å²) in [5, 5.41) is 5.49. The Labute approximate surface area is 144 Å². The van der Waals surface area contributed by atoms with Gasteiger partial charge in [0, 0.05) is 19.2 Å². The van der Waals surface area contributed by atoms with E-state index in [1.54, 1.807) is 13.1 Å². The van der Waals surface area contributed by atoms with Gasteiger partial charge in [-0.2, -0.15) is 0 Å². The number of hydrogen-bond acceptors (Lipinski definition) is 3. The zero-order chi connectivity index (χ0) is 17.4. The molecule has 1 aliphatic rings. The van der Waals surface area contributed by atoms with Gasteiger partial charge < -0.3 is 15.4 Å². The van der Waals surface area contributed by atoms with Gasteiger partial charge in [-0.15, -0.1) is 0 Å². The van der Waals surface area contributed by atoms with Crippen LogP contribution in [-0.2, 0) is 16.0 Å². The molecule has 0 saturated heterocycles. The first kappa shape index (κ1) is 18.5. The van der Waals surface area contributed by atoms with Crippen molar-refractivity contribution in [1.29, 1.82) is 0 Å². The zero-order valence-corrected chi connectivity index (χ0v) is 14.6. The van der Waals surface area contributed by atoms with Crippen LogP contribution >= 0.6 is 0 Å². The summed E-state index contributed by atoms with van der Waals surface area (Å²) in [6.45, 7) is 2.92. The monoisotopic (exact) mass is 332 g/mol. The summed E-state index contributed by atoms with van der Waals surface area (Å²) in [5.74, 6) is 0.520. The van der Waals surface area contributed by atoms with Crippen molar-refractivity contribution in [2.75, 3.05) is 20.2 Å². The minimum atomic E-state index is -0.101. The SMILES string of the molecule is CNC(=O)c1cccc(CCNC(=O)COC2CCCC(C)C2)c1. The van der Waals surface area contributed by atoms with Crippen molar-refractivity contribution in [2.24, 2.45) is 5.92 Å². The van der Waals surface area contributed by atoms with Crippen LogP contribution in [0.1, 0.15) is 48.5 Å². The number of amides is 2. The first-order valence-corrected chi connectivity index (χ1v) is 8.77. The fourth-order valence-corrected chi connectivity index (χ4v) is 3.13. The van der Waals surface area contributed by atoms with Gasteiger partial charge in [-0.3, -0.25) is 9.59 Å². The van der Waals surface area contributed by atoms with Crippen LogP contribution in [0.4, 0.5) is 0 Å². The van der Waals surface area contributed by atoms with Crippen LogP contribution in [0, 0.1) is 5.92 Å². The molecule has 2 atom stereocenters. The Morgan fingerprint density at radius 3 is 2.88 bits per heavy atom. The Balaban J connectivity index is 1.68. The number of hydrogen-bond donors (Lipinski definition) is 2. The van der Waals surface area contributed by atoms with Crippen molar-refractivity contribution in [3.05, 3.63) is 35.4 Å². The van der Waals surface area contributed by atoms with Crippen molar-refractivity contribution in [3.8, 4) is 0 Å². The fraction of sp³-hybridized carbons (Fsp3) is 0.579. The van der Waals surface area contributed by atoms with Crippen LogP contribution < -0.4 is 10.6 Å². The first-order valence-electron chi connectivity index (χ1n) is 8.77. The molecule has 1 aromatic carbocycles. The van der Waals surface area contributed by atoms with Gasteiger partial charge in [0.05, 0.1) is 6.10 Å². The molecule has 24 heavy (non-hydrogen) atoms. The first-order chi connectivity index (χ1) is 11.6. The smallest absolute Gasteiger partial charge is 0.251 e. The van der Waals surface area contributed by atoms with E-state index in [0.29, 0.717) is 24.4 Å². The highest BCUT2D eigenvalue weighted by Crippen LogP contribution is 2.25. The number of carbonyl (C=O) groups excluding carboxylic acids is 2. The molecule has 0 aliphatic heterocycles. The minimum Gasteiger partial charge on any atom is -0.368 e. The molecule has 132 valence electrons. The number of ether oxygens (including phenoxy) is 1. The van der Waals surface area contributed by atoms with Crippen molar-refractivity contribution in [1.82, 2.24) is 10.6 Å². The molecule has 0 aromatic heterocycles. The van der Waals surface area contributed by atoms with Gasteiger partial charge in [-0.05, 0) is 42.9 Å². The van der Waals surface area contributed by atoms with Crippen molar-refractivity contribution in [3.63, 3.8) is 0 Å². The standard InChI is InChI=1S/C19H28N2O3/c1-14-5-3-8-17(11-14)24-13-18(22)21-10-9-15-6-4-7-16(12-15)19(23)20-2/h4,6-7,12,14,17H,3,5,8-11,13H2,1-2H3,(H,20,23)(H,21,22). The highest BCUT2D eigenvalue weighted by molar-refractivity contribution is 5.94. The molecule has 1 aliphatic carbocycles. The van der Waals surface area contributed by atoms with E-state index in [0.717, 1.165) is 18.4 Å². The lowest BCUT2D eigenvalue weighted by atomic mass is 9.89. The maximum absolute atomic E-state index is 11.9. The molecular weight excluding hydrogens is 304 g/mol. The Bertz CT molecular complexity index is 559. The third kappa shape index (κ3) is 5.96. The highest BCUT2D eigenvalue weighted by atomic mass is 16.5. The predicted molar refractivity (Wildman–Crippen MR) is 93.9 cm³/mol. The topological polar surface area (TPSA) is 67.4 Å². The number of benzene rings is 1. The average Bonchev–Trinajstić information content (AvgIpc) is 2.59. The molecule has 0 bridgehead atoms. The van der Waals surface area contributed by atoms with E-state index in [4.69, 9.17) is 4.74 Å². The molecular formula is C19H28N2O3. The van der Waals surface area contributed by atoms with Gasteiger partial charge in [0.2, 0.25) is 5.91 Å². The van der Waals surface area contributed by atoms with E-state index in [9.17, 15) is 9.59 Å². The molecule has 5 nitrogen and oxygen atoms in total. The molecule has 2 N–H and O–H groups in total. The van der Waals surface area contributed by atoms with Crippen LogP contribution in [0.25, 0.3) is 0 Å². The van der Waals surface area contributed by atoms with E-state index in [2.05, 4.69) is 17.6 Å². The van der Waals surface area contributed by atoms with Crippen LogP contribution in [0.2, 0.25) is 0 Å². The molecule has 2 amide bonds. The molecule has 1 aromatic rings. The molecule has 1 fully saturated rings. The lowest BCUT2D eigenvalue weighted by Gasteiger charge is -2.26. The van der Waals surface area contributed by atoms with Gasteiger partial charge >= 0.3 is 0 Å². The number of carbonyl (C=O) groups is 2. The second-order valence-corrected chi connectivity index (χ2v) is 6.58. The molecule has 0 spiro atoms. The van der Waals surface area contributed by atoms with E-state index in [1.807, 2.05) is 18.2 Å². The van der Waals surface area contributed by atoms with Crippen LogP contribution in [-0.4, -0.2) is 38.1 Å². The molecule has 0 radical (unpaired) electrons. The number of rotatable bonds is 7. The maximum atomic E-state index is 11.9. The van der Waals surface area contributed by atoms with Crippen LogP contribution in [0.5, 0.6) is 0 Å². The summed E-state index contributed by atoms with van der Waals surface area (Å²) in [6.07, 6.45) is 5.49. The molecule has 2 unspecified atom stereocenters. The Kier molecular flexibility index (Phi) is 7.25. The molecule has 5 heteroatoms. The summed E-state index contributed by atoms with van der Waals surface area (Å²) in [4.78, 5) is 23.5. The van der Waals surface area contributed by atoms with Gasteiger partial charge in [-0.1, -0.05) is 31.9 Å². The Morgan fingerprint density at radius 2 is 2.12 bits per heavy atom. The second-order valence-electron chi connectivity index (χ2n) is 6.58. The zero-order valence-electron chi connectivity index (χ0n) is 14.6. The van der Waals surface area contributed by atoms with Crippen molar-refractivity contribution in [2.45, 2.75) is 45.1 Å².